The number of hydrogen-bond donors (Lipinski definition) is 1. The third-order valence-corrected chi connectivity index (χ3v) is 2.88. The number of rotatable bonds is 6. The lowest BCUT2D eigenvalue weighted by atomic mass is 10.1. The van der Waals surface area contributed by atoms with Crippen LogP contribution in [-0.4, -0.2) is 28.1 Å². The first kappa shape index (κ1) is 14.4. The number of ether oxygens (including phenoxy) is 1. The first-order valence-electron chi connectivity index (χ1n) is 6.85. The van der Waals surface area contributed by atoms with E-state index in [1.807, 2.05) is 32.2 Å². The topological polar surface area (TPSA) is 59.9 Å². The molecule has 0 radical (unpaired) electrons. The zero-order valence-electron chi connectivity index (χ0n) is 12.1. The maximum atomic E-state index is 5.51. The van der Waals surface area contributed by atoms with Gasteiger partial charge >= 0.3 is 0 Å². The minimum Gasteiger partial charge on any atom is -0.492 e. The summed E-state index contributed by atoms with van der Waals surface area (Å²) in [4.78, 5) is 12.9. The Hall–Kier alpha value is -2.01. The van der Waals surface area contributed by atoms with Gasteiger partial charge in [0.1, 0.15) is 11.6 Å². The van der Waals surface area contributed by atoms with Crippen molar-refractivity contribution in [2.75, 3.05) is 13.2 Å². The number of nitrogens with zero attached hydrogens (tertiary/aromatic N) is 3. The molecule has 0 fully saturated rings. The van der Waals surface area contributed by atoms with Crippen LogP contribution in [0.4, 0.5) is 0 Å². The standard InChI is InChI=1S/C15H20N4O/c1-4-17-15(14-6-7-18-11(3)19-14)12-8-13(20-5-2)10-16-9-12/h6-10,15,17H,4-5H2,1-3H3. The zero-order valence-corrected chi connectivity index (χ0v) is 12.1. The number of pyridine rings is 1. The van der Waals surface area contributed by atoms with Gasteiger partial charge in [-0.1, -0.05) is 6.92 Å². The third-order valence-electron chi connectivity index (χ3n) is 2.88. The van der Waals surface area contributed by atoms with Gasteiger partial charge < -0.3 is 10.1 Å². The Balaban J connectivity index is 2.35. The van der Waals surface area contributed by atoms with E-state index < -0.39 is 0 Å². The van der Waals surface area contributed by atoms with Gasteiger partial charge in [0.2, 0.25) is 0 Å². The molecule has 0 aliphatic heterocycles. The van der Waals surface area contributed by atoms with E-state index in [1.165, 1.54) is 0 Å². The molecule has 2 aromatic heterocycles. The van der Waals surface area contributed by atoms with Crippen LogP contribution in [0.2, 0.25) is 0 Å². The highest BCUT2D eigenvalue weighted by molar-refractivity contribution is 5.31. The molecule has 2 rings (SSSR count). The van der Waals surface area contributed by atoms with Crippen LogP contribution < -0.4 is 10.1 Å². The SMILES string of the molecule is CCNC(c1cncc(OCC)c1)c1ccnc(C)n1. The van der Waals surface area contributed by atoms with Crippen LogP contribution in [0.25, 0.3) is 0 Å². The molecular formula is C15H20N4O. The van der Waals surface area contributed by atoms with Crippen LogP contribution in [0.1, 0.15) is 37.0 Å². The summed E-state index contributed by atoms with van der Waals surface area (Å²) in [5.41, 5.74) is 1.98. The Kier molecular flexibility index (Phi) is 5.01. The summed E-state index contributed by atoms with van der Waals surface area (Å²) in [5.74, 6) is 1.54. The minimum absolute atomic E-state index is 0.00499. The lowest BCUT2D eigenvalue weighted by Gasteiger charge is -2.18. The van der Waals surface area contributed by atoms with E-state index in [4.69, 9.17) is 4.74 Å². The Morgan fingerprint density at radius 2 is 2.15 bits per heavy atom. The molecule has 0 aromatic carbocycles. The molecule has 106 valence electrons. The average molecular weight is 272 g/mol. The largest absolute Gasteiger partial charge is 0.492 e. The van der Waals surface area contributed by atoms with Gasteiger partial charge in [-0.3, -0.25) is 4.98 Å². The molecule has 0 aliphatic carbocycles. The minimum atomic E-state index is -0.00499. The van der Waals surface area contributed by atoms with Crippen molar-refractivity contribution in [3.63, 3.8) is 0 Å². The second kappa shape index (κ2) is 6.96. The van der Waals surface area contributed by atoms with E-state index in [2.05, 4.69) is 27.2 Å². The fourth-order valence-electron chi connectivity index (χ4n) is 2.07. The molecular weight excluding hydrogens is 252 g/mol. The van der Waals surface area contributed by atoms with Crippen molar-refractivity contribution < 1.29 is 4.74 Å². The summed E-state index contributed by atoms with van der Waals surface area (Å²) in [5, 5.41) is 3.43. The van der Waals surface area contributed by atoms with Crippen LogP contribution >= 0.6 is 0 Å². The summed E-state index contributed by atoms with van der Waals surface area (Å²) < 4.78 is 5.51. The Bertz CT molecular complexity index is 559. The van der Waals surface area contributed by atoms with E-state index in [0.717, 1.165) is 29.4 Å². The van der Waals surface area contributed by atoms with Crippen molar-refractivity contribution in [2.45, 2.75) is 26.8 Å². The molecule has 1 atom stereocenters. The maximum absolute atomic E-state index is 5.51. The van der Waals surface area contributed by atoms with E-state index in [9.17, 15) is 0 Å². The van der Waals surface area contributed by atoms with Gasteiger partial charge in [0, 0.05) is 12.4 Å². The highest BCUT2D eigenvalue weighted by atomic mass is 16.5. The van der Waals surface area contributed by atoms with E-state index in [0.29, 0.717) is 6.61 Å². The van der Waals surface area contributed by atoms with Crippen LogP contribution in [0.15, 0.2) is 30.7 Å². The van der Waals surface area contributed by atoms with Gasteiger partial charge in [0.15, 0.2) is 0 Å². The number of aryl methyl sites for hydroxylation is 1. The lowest BCUT2D eigenvalue weighted by Crippen LogP contribution is -2.23. The Labute approximate surface area is 119 Å². The molecule has 5 heteroatoms. The highest BCUT2D eigenvalue weighted by Gasteiger charge is 2.16. The predicted octanol–water partition coefficient (Wildman–Crippen LogP) is 2.28. The monoisotopic (exact) mass is 272 g/mol. The third kappa shape index (κ3) is 3.51. The molecule has 1 N–H and O–H groups in total. The fraction of sp³-hybridized carbons (Fsp3) is 0.400. The summed E-state index contributed by atoms with van der Waals surface area (Å²) in [6.45, 7) is 7.39. The van der Waals surface area contributed by atoms with Crippen molar-refractivity contribution in [3.8, 4) is 5.75 Å². The lowest BCUT2D eigenvalue weighted by molar-refractivity contribution is 0.338. The molecule has 0 spiro atoms. The van der Waals surface area contributed by atoms with E-state index in [1.54, 1.807) is 12.4 Å². The molecule has 0 aliphatic rings. The van der Waals surface area contributed by atoms with Gasteiger partial charge in [0.05, 0.1) is 24.5 Å². The van der Waals surface area contributed by atoms with E-state index in [-0.39, 0.29) is 6.04 Å². The van der Waals surface area contributed by atoms with Crippen LogP contribution in [0.5, 0.6) is 5.75 Å². The molecule has 0 saturated carbocycles. The maximum Gasteiger partial charge on any atom is 0.137 e. The Morgan fingerprint density at radius 1 is 1.30 bits per heavy atom. The Morgan fingerprint density at radius 3 is 2.85 bits per heavy atom. The van der Waals surface area contributed by atoms with Crippen LogP contribution in [-0.2, 0) is 0 Å². The summed E-state index contributed by atoms with van der Waals surface area (Å²) in [7, 11) is 0. The quantitative estimate of drug-likeness (QED) is 0.874. The number of hydrogen-bond acceptors (Lipinski definition) is 5. The molecule has 5 nitrogen and oxygen atoms in total. The van der Waals surface area contributed by atoms with Gasteiger partial charge in [0.25, 0.3) is 0 Å². The predicted molar refractivity (Wildman–Crippen MR) is 77.7 cm³/mol. The van der Waals surface area contributed by atoms with Crippen LogP contribution in [0, 0.1) is 6.92 Å². The molecule has 20 heavy (non-hydrogen) atoms. The van der Waals surface area contributed by atoms with Crippen LogP contribution in [0.3, 0.4) is 0 Å². The smallest absolute Gasteiger partial charge is 0.137 e. The van der Waals surface area contributed by atoms with Gasteiger partial charge in [-0.05, 0) is 38.1 Å². The van der Waals surface area contributed by atoms with E-state index >= 15 is 0 Å². The van der Waals surface area contributed by atoms with Crippen molar-refractivity contribution in [2.24, 2.45) is 0 Å². The molecule has 2 heterocycles. The number of nitrogens with one attached hydrogen (secondary N) is 1. The second-order valence-electron chi connectivity index (χ2n) is 4.41. The molecule has 0 amide bonds. The normalized spacial score (nSPS) is 12.2. The molecule has 0 bridgehead atoms. The summed E-state index contributed by atoms with van der Waals surface area (Å²) in [6.07, 6.45) is 5.34. The summed E-state index contributed by atoms with van der Waals surface area (Å²) in [6, 6.07) is 3.92. The molecule has 2 aromatic rings. The first-order valence-corrected chi connectivity index (χ1v) is 6.85. The van der Waals surface area contributed by atoms with Crippen molar-refractivity contribution in [3.05, 3.63) is 47.8 Å². The highest BCUT2D eigenvalue weighted by Crippen LogP contribution is 2.23. The van der Waals surface area contributed by atoms with Crippen molar-refractivity contribution in [1.82, 2.24) is 20.3 Å². The summed E-state index contributed by atoms with van der Waals surface area (Å²) >= 11 is 0. The zero-order chi connectivity index (χ0) is 14.4. The van der Waals surface area contributed by atoms with Gasteiger partial charge in [-0.2, -0.15) is 0 Å². The van der Waals surface area contributed by atoms with Crippen molar-refractivity contribution >= 4 is 0 Å². The van der Waals surface area contributed by atoms with Gasteiger partial charge in [-0.25, -0.2) is 9.97 Å². The molecule has 0 saturated heterocycles. The van der Waals surface area contributed by atoms with Gasteiger partial charge in [-0.15, -0.1) is 0 Å². The second-order valence-corrected chi connectivity index (χ2v) is 4.41. The average Bonchev–Trinajstić information content (AvgIpc) is 2.45. The fourth-order valence-corrected chi connectivity index (χ4v) is 2.07. The first-order chi connectivity index (χ1) is 9.74. The number of aromatic nitrogens is 3. The van der Waals surface area contributed by atoms with Crippen molar-refractivity contribution in [1.29, 1.82) is 0 Å². The molecule has 1 unspecified atom stereocenters.